The Hall–Kier alpha value is -6.45. The molecule has 15 heteroatoms. The predicted octanol–water partition coefficient (Wildman–Crippen LogP) is 9.45. The number of amides is 3. The molecule has 3 N–H and O–H groups in total. The standard InChI is InChI=1S/C56H68FN9O5/c1-35-27-41(49(67)29-37-7-9-38(10-8-37)33-65-23-25-66(26-24-65)48-14-12-42(30-46(48)57)60-47-13-16-51(68)62-54(47)69)28-36(2)52(35)39-18-21-64(22-19-39)34-43-31-45-44(17-20-58-53(45)63(43)6)40-11-15-50(59-32-40)61-55(70)71-56(3,4)5/h11-12,14-15,17-18,20,27-28,30-32,37-38,47,60H,7-10,13,16,19,21-26,29,33-34H2,1-6H3,(H,59,61,70)(H,62,68,69). The van der Waals surface area contributed by atoms with Crippen molar-refractivity contribution < 1.29 is 28.3 Å². The molecule has 5 aromatic rings. The van der Waals surface area contributed by atoms with Crippen molar-refractivity contribution in [3.63, 3.8) is 0 Å². The number of benzene rings is 2. The van der Waals surface area contributed by atoms with Crippen molar-refractivity contribution in [3.8, 4) is 11.1 Å². The maximum atomic E-state index is 15.3. The Bertz CT molecular complexity index is 2810. The molecule has 0 bridgehead atoms. The number of imide groups is 1. The number of rotatable bonds is 13. The van der Waals surface area contributed by atoms with Gasteiger partial charge >= 0.3 is 6.09 Å². The molecule has 2 saturated heterocycles. The fourth-order valence-corrected chi connectivity index (χ4v) is 11.1. The average molecular weight is 966 g/mol. The molecule has 1 aliphatic carbocycles. The van der Waals surface area contributed by atoms with Crippen LogP contribution in [0, 0.1) is 31.5 Å². The van der Waals surface area contributed by atoms with Crippen LogP contribution >= 0.6 is 0 Å². The molecular weight excluding hydrogens is 898 g/mol. The van der Waals surface area contributed by atoms with Crippen LogP contribution < -0.4 is 20.9 Å². The first-order valence-corrected chi connectivity index (χ1v) is 25.4. The number of anilines is 3. The van der Waals surface area contributed by atoms with Crippen molar-refractivity contribution in [2.45, 2.75) is 104 Å². The number of carbonyl (C=O) groups excluding carboxylic acids is 4. The van der Waals surface area contributed by atoms with Crippen LogP contribution in [0.25, 0.3) is 27.7 Å². The first-order chi connectivity index (χ1) is 34.0. The smallest absolute Gasteiger partial charge is 0.413 e. The molecule has 3 fully saturated rings. The lowest BCUT2D eigenvalue weighted by Crippen LogP contribution is -2.48. The number of nitrogens with zero attached hydrogens (tertiary/aromatic N) is 6. The summed E-state index contributed by atoms with van der Waals surface area (Å²) in [6, 6.07) is 16.7. The van der Waals surface area contributed by atoms with Crippen LogP contribution in [0.5, 0.6) is 0 Å². The second-order valence-electron chi connectivity index (χ2n) is 21.2. The van der Waals surface area contributed by atoms with E-state index in [9.17, 15) is 19.2 Å². The fraction of sp³-hybridized carbons (Fsp3) is 0.464. The molecule has 14 nitrogen and oxygen atoms in total. The van der Waals surface area contributed by atoms with Crippen molar-refractivity contribution in [2.75, 3.05) is 61.3 Å². The minimum atomic E-state index is -0.599. The normalized spacial score (nSPS) is 20.4. The van der Waals surface area contributed by atoms with E-state index < -0.39 is 17.7 Å². The summed E-state index contributed by atoms with van der Waals surface area (Å²) in [4.78, 5) is 66.0. The Morgan fingerprint density at radius 3 is 2.27 bits per heavy atom. The van der Waals surface area contributed by atoms with E-state index in [0.29, 0.717) is 41.9 Å². The molecule has 9 rings (SSSR count). The van der Waals surface area contributed by atoms with Gasteiger partial charge in [0.25, 0.3) is 0 Å². The van der Waals surface area contributed by atoms with Gasteiger partial charge in [-0.05, 0) is 167 Å². The number of hydrogen-bond acceptors (Lipinski definition) is 11. The highest BCUT2D eigenvalue weighted by Crippen LogP contribution is 2.36. The maximum absolute atomic E-state index is 15.3. The second-order valence-corrected chi connectivity index (χ2v) is 21.2. The van der Waals surface area contributed by atoms with Crippen molar-refractivity contribution in [2.24, 2.45) is 18.9 Å². The summed E-state index contributed by atoms with van der Waals surface area (Å²) < 4.78 is 22.8. The number of Topliss-reactive ketones (excluding diaryl/α,β-unsaturated/α-hetero) is 1. The van der Waals surface area contributed by atoms with Gasteiger partial charge in [-0.1, -0.05) is 6.08 Å². The molecule has 1 unspecified atom stereocenters. The van der Waals surface area contributed by atoms with E-state index >= 15 is 4.39 Å². The molecule has 3 aromatic heterocycles. The third-order valence-corrected chi connectivity index (χ3v) is 14.8. The van der Waals surface area contributed by atoms with E-state index in [-0.39, 0.29) is 29.8 Å². The summed E-state index contributed by atoms with van der Waals surface area (Å²) in [7, 11) is 2.07. The first-order valence-electron chi connectivity index (χ1n) is 25.4. The monoisotopic (exact) mass is 966 g/mol. The maximum Gasteiger partial charge on any atom is 0.413 e. The highest BCUT2D eigenvalue weighted by Gasteiger charge is 2.30. The van der Waals surface area contributed by atoms with E-state index in [4.69, 9.17) is 9.72 Å². The average Bonchev–Trinajstić information content (AvgIpc) is 3.65. The topological polar surface area (TPSA) is 154 Å². The number of piperazine rings is 1. The molecule has 1 saturated carbocycles. The Morgan fingerprint density at radius 1 is 0.859 bits per heavy atom. The minimum absolute atomic E-state index is 0.245. The quantitative estimate of drug-likeness (QED) is 0.0764. The summed E-state index contributed by atoms with van der Waals surface area (Å²) in [5.41, 5.74) is 10.3. The summed E-state index contributed by atoms with van der Waals surface area (Å²) >= 11 is 0. The summed E-state index contributed by atoms with van der Waals surface area (Å²) in [6.07, 6.45) is 12.0. The van der Waals surface area contributed by atoms with Gasteiger partial charge in [-0.25, -0.2) is 19.2 Å². The van der Waals surface area contributed by atoms with Crippen LogP contribution in [0.4, 0.5) is 26.4 Å². The van der Waals surface area contributed by atoms with Crippen molar-refractivity contribution >= 4 is 57.5 Å². The zero-order chi connectivity index (χ0) is 50.0. The fourth-order valence-electron chi connectivity index (χ4n) is 11.1. The van der Waals surface area contributed by atoms with Crippen LogP contribution in [0.3, 0.4) is 0 Å². The number of carbonyl (C=O) groups is 4. The molecule has 71 heavy (non-hydrogen) atoms. The number of ketones is 1. The van der Waals surface area contributed by atoms with E-state index in [1.54, 1.807) is 24.4 Å². The van der Waals surface area contributed by atoms with Gasteiger partial charge in [-0.2, -0.15) is 0 Å². The number of nitrogens with one attached hydrogen (secondary N) is 3. The molecule has 4 aliphatic rings. The van der Waals surface area contributed by atoms with Crippen molar-refractivity contribution in [1.82, 2.24) is 29.7 Å². The zero-order valence-corrected chi connectivity index (χ0v) is 42.1. The van der Waals surface area contributed by atoms with Crippen molar-refractivity contribution in [1.29, 1.82) is 0 Å². The van der Waals surface area contributed by atoms with Gasteiger partial charge in [0.2, 0.25) is 11.8 Å². The van der Waals surface area contributed by atoms with Gasteiger partial charge in [0.15, 0.2) is 5.78 Å². The third-order valence-electron chi connectivity index (χ3n) is 14.8. The molecule has 1 atom stereocenters. The highest BCUT2D eigenvalue weighted by molar-refractivity contribution is 6.01. The predicted molar refractivity (Wildman–Crippen MR) is 277 cm³/mol. The number of ether oxygens (including phenoxy) is 1. The lowest BCUT2D eigenvalue weighted by molar-refractivity contribution is -0.133. The van der Waals surface area contributed by atoms with Crippen LogP contribution in [0.15, 0.2) is 73.1 Å². The Balaban J connectivity index is 0.729. The number of hydrogen-bond donors (Lipinski definition) is 3. The summed E-state index contributed by atoms with van der Waals surface area (Å²) in [5.74, 6) is 0.704. The zero-order valence-electron chi connectivity index (χ0n) is 42.1. The number of aryl methyl sites for hydroxylation is 3. The van der Waals surface area contributed by atoms with Crippen LogP contribution in [-0.4, -0.2) is 105 Å². The van der Waals surface area contributed by atoms with Crippen LogP contribution in [0.1, 0.15) is 105 Å². The Morgan fingerprint density at radius 2 is 1.61 bits per heavy atom. The summed E-state index contributed by atoms with van der Waals surface area (Å²) in [6.45, 7) is 16.6. The third kappa shape index (κ3) is 11.8. The number of aromatic nitrogens is 3. The summed E-state index contributed by atoms with van der Waals surface area (Å²) in [5, 5.41) is 9.16. The number of halogens is 1. The Labute approximate surface area is 416 Å². The molecule has 3 amide bonds. The van der Waals surface area contributed by atoms with E-state index in [1.807, 2.05) is 39.1 Å². The van der Waals surface area contributed by atoms with Gasteiger partial charge in [0.05, 0.1) is 5.69 Å². The molecule has 0 radical (unpaired) electrons. The van der Waals surface area contributed by atoms with Crippen LogP contribution in [0.2, 0.25) is 0 Å². The minimum Gasteiger partial charge on any atom is -0.444 e. The number of pyridine rings is 2. The lowest BCUT2D eigenvalue weighted by Gasteiger charge is -2.39. The number of fused-ring (bicyclic) bond motifs is 1. The highest BCUT2D eigenvalue weighted by atomic mass is 19.1. The molecule has 0 spiro atoms. The lowest BCUT2D eigenvalue weighted by atomic mass is 9.78. The number of piperidine rings is 1. The van der Waals surface area contributed by atoms with E-state index in [0.717, 1.165) is 123 Å². The van der Waals surface area contributed by atoms with Gasteiger partial charge in [0.1, 0.15) is 28.9 Å². The Kier molecular flexibility index (Phi) is 14.7. The molecule has 6 heterocycles. The van der Waals surface area contributed by atoms with Gasteiger partial charge in [-0.3, -0.25) is 34.8 Å². The first kappa shape index (κ1) is 49.5. The van der Waals surface area contributed by atoms with E-state index in [2.05, 4.69) is 85.4 Å². The van der Waals surface area contributed by atoms with E-state index in [1.165, 1.54) is 22.9 Å². The van der Waals surface area contributed by atoms with Crippen molar-refractivity contribution in [3.05, 3.63) is 107 Å². The molecule has 374 valence electrons. The SMILES string of the molecule is Cc1cc(C(=O)CC2CCC(CN3CCN(c4ccc(NC5CCC(=O)NC5=O)cc4F)CC3)CC2)cc(C)c1C1=CCN(Cc2cc3c(-c4ccc(NC(=O)OC(C)(C)C)nc4)ccnc3n2C)CC1. The van der Waals surface area contributed by atoms with Gasteiger partial charge < -0.3 is 19.5 Å². The molecule has 2 aromatic carbocycles. The largest absolute Gasteiger partial charge is 0.444 e. The molecule has 3 aliphatic heterocycles. The molecular formula is C56H68FN9O5. The second kappa shape index (κ2) is 21.1. The van der Waals surface area contributed by atoms with Crippen LogP contribution in [-0.2, 0) is 27.9 Å². The van der Waals surface area contributed by atoms with Gasteiger partial charge in [0, 0.05) is 113 Å². The van der Waals surface area contributed by atoms with Gasteiger partial charge in [-0.15, -0.1) is 0 Å².